The van der Waals surface area contributed by atoms with Gasteiger partial charge in [0.1, 0.15) is 21.2 Å². The number of aromatic nitrogens is 2. The zero-order chi connectivity index (χ0) is 29.0. The maximum absolute atomic E-state index is 6.15. The lowest BCUT2D eigenvalue weighted by atomic mass is 10.1. The number of para-hydroxylation sites is 3. The number of furan rings is 1. The molecule has 3 aromatic heterocycles. The second-order valence-corrected chi connectivity index (χ2v) is 12.7. The predicted molar refractivity (Wildman–Crippen MR) is 186 cm³/mol. The molecule has 0 aliphatic carbocycles. The fourth-order valence-electron chi connectivity index (χ4n) is 5.80. The quantitative estimate of drug-likeness (QED) is 0.197. The zero-order valence-corrected chi connectivity index (χ0v) is 25.0. The van der Waals surface area contributed by atoms with Crippen LogP contribution in [-0.4, -0.2) is 9.97 Å². The van der Waals surface area contributed by atoms with Crippen LogP contribution in [0.25, 0.3) is 63.5 Å². The topological polar surface area (TPSA) is 42.2 Å². The molecule has 0 N–H and O–H groups in total. The molecule has 208 valence electrons. The van der Waals surface area contributed by atoms with Gasteiger partial charge in [0.25, 0.3) is 0 Å². The number of hydrogen-bond acceptors (Lipinski definition) is 6. The van der Waals surface area contributed by atoms with Gasteiger partial charge in [0.05, 0.1) is 20.4 Å². The van der Waals surface area contributed by atoms with Crippen molar-refractivity contribution in [1.82, 2.24) is 9.97 Å². The monoisotopic (exact) mass is 601 g/mol. The van der Waals surface area contributed by atoms with Gasteiger partial charge in [-0.2, -0.15) is 0 Å². The molecule has 0 aliphatic heterocycles. The highest BCUT2D eigenvalue weighted by molar-refractivity contribution is 7.22. The van der Waals surface area contributed by atoms with Crippen molar-refractivity contribution in [3.05, 3.63) is 140 Å². The predicted octanol–water partition coefficient (Wildman–Crippen LogP) is 11.6. The number of nitrogens with zero attached hydrogens (tertiary/aromatic N) is 3. The summed E-state index contributed by atoms with van der Waals surface area (Å²) in [6.45, 7) is 0. The highest BCUT2D eigenvalue weighted by atomic mass is 32.1. The minimum Gasteiger partial charge on any atom is -0.456 e. The van der Waals surface area contributed by atoms with E-state index in [1.807, 2.05) is 24.3 Å². The lowest BCUT2D eigenvalue weighted by Crippen LogP contribution is -2.09. The first-order valence-corrected chi connectivity index (χ1v) is 16.0. The molecule has 6 aromatic carbocycles. The number of thiazole rings is 2. The first-order valence-electron chi connectivity index (χ1n) is 14.4. The van der Waals surface area contributed by atoms with Gasteiger partial charge in [-0.05, 0) is 97.1 Å². The van der Waals surface area contributed by atoms with E-state index < -0.39 is 0 Å². The molecule has 9 rings (SSSR count). The highest BCUT2D eigenvalue weighted by Crippen LogP contribution is 2.41. The van der Waals surface area contributed by atoms with Crippen molar-refractivity contribution in [1.29, 1.82) is 0 Å². The van der Waals surface area contributed by atoms with Crippen LogP contribution >= 0.6 is 22.7 Å². The Hall–Kier alpha value is -5.30. The molecule has 0 atom stereocenters. The van der Waals surface area contributed by atoms with Crippen LogP contribution in [0.3, 0.4) is 0 Å². The summed E-state index contributed by atoms with van der Waals surface area (Å²) in [6.07, 6.45) is 0. The van der Waals surface area contributed by atoms with Gasteiger partial charge in [-0.1, -0.05) is 42.5 Å². The molecule has 4 nitrogen and oxygen atoms in total. The molecule has 0 fully saturated rings. The normalized spacial score (nSPS) is 11.6. The Morgan fingerprint density at radius 2 is 0.955 bits per heavy atom. The van der Waals surface area contributed by atoms with Crippen LogP contribution in [0.2, 0.25) is 0 Å². The summed E-state index contributed by atoms with van der Waals surface area (Å²) in [5, 5.41) is 4.26. The third-order valence-electron chi connectivity index (χ3n) is 7.95. The van der Waals surface area contributed by atoms with Crippen LogP contribution in [0.1, 0.15) is 0 Å². The summed E-state index contributed by atoms with van der Waals surface area (Å²) in [7, 11) is 0. The molecule has 0 radical (unpaired) electrons. The standard InChI is InChI=1S/C38H23N3OS2/c1-4-10-33-29(7-1)30-23-28(21-22-34(30)42-33)41(26-17-13-24(14-18-26)37-39-31-8-2-5-11-35(31)43-37)27-19-15-25(16-20-27)38-40-32-9-3-6-12-36(32)44-38/h1-23H. The number of anilines is 3. The molecule has 44 heavy (non-hydrogen) atoms. The van der Waals surface area contributed by atoms with Gasteiger partial charge >= 0.3 is 0 Å². The Labute approximate surface area is 261 Å². The maximum atomic E-state index is 6.15. The Balaban J connectivity index is 1.15. The van der Waals surface area contributed by atoms with Gasteiger partial charge in [-0.25, -0.2) is 9.97 Å². The van der Waals surface area contributed by atoms with Gasteiger partial charge in [-0.3, -0.25) is 0 Å². The highest BCUT2D eigenvalue weighted by Gasteiger charge is 2.17. The minimum atomic E-state index is 0.882. The van der Waals surface area contributed by atoms with Gasteiger partial charge in [0.2, 0.25) is 0 Å². The average molecular weight is 602 g/mol. The number of benzene rings is 6. The van der Waals surface area contributed by atoms with E-state index in [-0.39, 0.29) is 0 Å². The van der Waals surface area contributed by atoms with Gasteiger partial charge < -0.3 is 9.32 Å². The third-order valence-corrected chi connectivity index (χ3v) is 10.1. The van der Waals surface area contributed by atoms with E-state index in [2.05, 4.69) is 120 Å². The fourth-order valence-corrected chi connectivity index (χ4v) is 7.74. The summed E-state index contributed by atoms with van der Waals surface area (Å²) in [4.78, 5) is 12.0. The van der Waals surface area contributed by atoms with Crippen molar-refractivity contribution in [2.75, 3.05) is 4.90 Å². The van der Waals surface area contributed by atoms with Gasteiger partial charge in [0, 0.05) is 39.0 Å². The Morgan fingerprint density at radius 1 is 0.455 bits per heavy atom. The molecular formula is C38H23N3OS2. The van der Waals surface area contributed by atoms with Crippen LogP contribution in [0.4, 0.5) is 17.1 Å². The summed E-state index contributed by atoms with van der Waals surface area (Å²) in [6, 6.07) is 48.6. The van der Waals surface area contributed by atoms with Crippen LogP contribution in [0.15, 0.2) is 144 Å². The number of fused-ring (bicyclic) bond motifs is 5. The van der Waals surface area contributed by atoms with E-state index in [4.69, 9.17) is 14.4 Å². The molecule has 0 unspecified atom stereocenters. The Morgan fingerprint density at radius 3 is 1.55 bits per heavy atom. The first-order chi connectivity index (χ1) is 21.8. The second kappa shape index (κ2) is 10.2. The van der Waals surface area contributed by atoms with Crippen LogP contribution < -0.4 is 4.90 Å². The van der Waals surface area contributed by atoms with Crippen molar-refractivity contribution < 1.29 is 4.42 Å². The molecule has 9 aromatic rings. The van der Waals surface area contributed by atoms with E-state index in [0.29, 0.717) is 0 Å². The third kappa shape index (κ3) is 4.27. The van der Waals surface area contributed by atoms with Crippen LogP contribution in [0, 0.1) is 0 Å². The number of rotatable bonds is 5. The van der Waals surface area contributed by atoms with Crippen molar-refractivity contribution in [3.8, 4) is 21.1 Å². The minimum absolute atomic E-state index is 0.882. The molecule has 0 aliphatic rings. The first kappa shape index (κ1) is 25.2. The van der Waals surface area contributed by atoms with Crippen molar-refractivity contribution >= 4 is 82.1 Å². The average Bonchev–Trinajstić information content (AvgIpc) is 3.81. The molecule has 0 saturated carbocycles. The Bertz CT molecular complexity index is 2270. The Kier molecular flexibility index (Phi) is 5.82. The van der Waals surface area contributed by atoms with Crippen molar-refractivity contribution in [2.45, 2.75) is 0 Å². The van der Waals surface area contributed by atoms with E-state index in [1.54, 1.807) is 22.7 Å². The summed E-state index contributed by atoms with van der Waals surface area (Å²) >= 11 is 3.44. The summed E-state index contributed by atoms with van der Waals surface area (Å²) in [5.74, 6) is 0. The summed E-state index contributed by atoms with van der Waals surface area (Å²) < 4.78 is 8.54. The van der Waals surface area contributed by atoms with Crippen molar-refractivity contribution in [3.63, 3.8) is 0 Å². The smallest absolute Gasteiger partial charge is 0.135 e. The molecule has 0 saturated heterocycles. The lowest BCUT2D eigenvalue weighted by Gasteiger charge is -2.26. The molecule has 0 spiro atoms. The van der Waals surface area contributed by atoms with E-state index in [0.717, 1.165) is 71.2 Å². The molecule has 6 heteroatoms. The van der Waals surface area contributed by atoms with Crippen molar-refractivity contribution in [2.24, 2.45) is 0 Å². The maximum Gasteiger partial charge on any atom is 0.135 e. The van der Waals surface area contributed by atoms with E-state index >= 15 is 0 Å². The van der Waals surface area contributed by atoms with E-state index in [1.165, 1.54) is 9.40 Å². The summed E-state index contributed by atoms with van der Waals surface area (Å²) in [5.41, 5.74) is 9.25. The lowest BCUT2D eigenvalue weighted by molar-refractivity contribution is 0.669. The molecule has 0 bridgehead atoms. The van der Waals surface area contributed by atoms with Gasteiger partial charge in [0.15, 0.2) is 0 Å². The molecule has 3 heterocycles. The second-order valence-electron chi connectivity index (χ2n) is 10.7. The largest absolute Gasteiger partial charge is 0.456 e. The van der Waals surface area contributed by atoms with Crippen LogP contribution in [0.5, 0.6) is 0 Å². The van der Waals surface area contributed by atoms with Crippen LogP contribution in [-0.2, 0) is 0 Å². The molecular weight excluding hydrogens is 579 g/mol. The van der Waals surface area contributed by atoms with E-state index in [9.17, 15) is 0 Å². The zero-order valence-electron chi connectivity index (χ0n) is 23.3. The molecule has 0 amide bonds. The van der Waals surface area contributed by atoms with Gasteiger partial charge in [-0.15, -0.1) is 22.7 Å². The fraction of sp³-hybridized carbons (Fsp3) is 0. The number of hydrogen-bond donors (Lipinski definition) is 0. The SMILES string of the molecule is c1ccc2sc(-c3ccc(N(c4ccc(-c5nc6ccccc6s5)cc4)c4ccc5oc6ccccc6c5c4)cc3)nc2c1.